The van der Waals surface area contributed by atoms with Gasteiger partial charge in [-0.25, -0.2) is 4.79 Å². The zero-order valence-corrected chi connectivity index (χ0v) is 16.4. The molecular weight excluding hydrogens is 322 g/mol. The number of carbonyl (C=O) groups excluding carboxylic acids is 1. The third-order valence-corrected chi connectivity index (χ3v) is 4.29. The Morgan fingerprint density at radius 1 is 0.962 bits per heavy atom. The minimum absolute atomic E-state index is 0.243. The number of hydrogen-bond donors (Lipinski definition) is 0. The smallest absolute Gasteiger partial charge is 0.410 e. The molecule has 0 aliphatic heterocycles. The van der Waals surface area contributed by atoms with E-state index in [1.54, 1.807) is 0 Å². The molecule has 0 radical (unpaired) electrons. The van der Waals surface area contributed by atoms with E-state index in [0.29, 0.717) is 19.0 Å². The first kappa shape index (κ1) is 20.0. The number of rotatable bonds is 7. The van der Waals surface area contributed by atoms with Crippen molar-refractivity contribution in [1.29, 1.82) is 0 Å². The lowest BCUT2D eigenvalue weighted by Crippen LogP contribution is -2.39. The Bertz CT molecular complexity index is 662. The van der Waals surface area contributed by atoms with E-state index in [1.807, 2.05) is 49.9 Å². The quantitative estimate of drug-likeness (QED) is 0.639. The maximum Gasteiger partial charge on any atom is 0.410 e. The second-order valence-corrected chi connectivity index (χ2v) is 7.81. The molecule has 3 nitrogen and oxygen atoms in total. The van der Waals surface area contributed by atoms with Gasteiger partial charge in [-0.1, -0.05) is 74.0 Å². The molecule has 140 valence electrons. The number of ether oxygens (including phenoxy) is 1. The number of benzene rings is 2. The topological polar surface area (TPSA) is 29.5 Å². The van der Waals surface area contributed by atoms with Crippen LogP contribution in [-0.2, 0) is 17.7 Å². The van der Waals surface area contributed by atoms with Crippen molar-refractivity contribution < 1.29 is 9.53 Å². The third kappa shape index (κ3) is 6.91. The number of carbonyl (C=O) groups is 1. The van der Waals surface area contributed by atoms with E-state index >= 15 is 0 Å². The second-order valence-electron chi connectivity index (χ2n) is 7.81. The predicted molar refractivity (Wildman–Crippen MR) is 107 cm³/mol. The molecule has 0 unspecified atom stereocenters. The Hall–Kier alpha value is -2.29. The first-order chi connectivity index (χ1) is 12.4. The zero-order valence-electron chi connectivity index (χ0n) is 16.4. The van der Waals surface area contributed by atoms with E-state index in [-0.39, 0.29) is 6.09 Å². The van der Waals surface area contributed by atoms with Crippen molar-refractivity contribution in [2.45, 2.75) is 52.7 Å². The summed E-state index contributed by atoms with van der Waals surface area (Å²) in [6.07, 6.45) is 1.74. The average molecular weight is 354 g/mol. The maximum absolute atomic E-state index is 12.8. The van der Waals surface area contributed by atoms with E-state index in [1.165, 1.54) is 5.56 Å². The highest BCUT2D eigenvalue weighted by molar-refractivity contribution is 5.68. The van der Waals surface area contributed by atoms with Crippen LogP contribution in [0.15, 0.2) is 60.7 Å². The molecule has 26 heavy (non-hydrogen) atoms. The van der Waals surface area contributed by atoms with Gasteiger partial charge in [0.15, 0.2) is 0 Å². The van der Waals surface area contributed by atoms with Gasteiger partial charge < -0.3 is 9.64 Å². The molecule has 0 aliphatic rings. The minimum Gasteiger partial charge on any atom is -0.444 e. The first-order valence-electron chi connectivity index (χ1n) is 9.43. The summed E-state index contributed by atoms with van der Waals surface area (Å²) in [4.78, 5) is 14.6. The van der Waals surface area contributed by atoms with Crippen LogP contribution >= 0.6 is 0 Å². The van der Waals surface area contributed by atoms with Crippen molar-refractivity contribution in [3.63, 3.8) is 0 Å². The van der Waals surface area contributed by atoms with Gasteiger partial charge in [0.25, 0.3) is 0 Å². The van der Waals surface area contributed by atoms with Crippen molar-refractivity contribution in [2.24, 2.45) is 5.92 Å². The van der Waals surface area contributed by atoms with Crippen LogP contribution in [0.2, 0.25) is 0 Å². The molecule has 1 amide bonds. The standard InChI is InChI=1S/C23H31NO2/c1-5-19(16-20-12-8-6-9-13-20)17-24(22(25)26-23(2,3)4)18-21-14-10-7-11-15-21/h6-15,19H,5,16-18H2,1-4H3/t19-/m0/s1. The molecule has 0 aliphatic carbocycles. The van der Waals surface area contributed by atoms with Crippen molar-refractivity contribution in [2.75, 3.05) is 6.54 Å². The Morgan fingerprint density at radius 3 is 2.00 bits per heavy atom. The van der Waals surface area contributed by atoms with Crippen LogP contribution in [-0.4, -0.2) is 23.1 Å². The fraction of sp³-hybridized carbons (Fsp3) is 0.435. The Labute approximate surface area is 158 Å². The summed E-state index contributed by atoms with van der Waals surface area (Å²) in [6, 6.07) is 20.6. The molecule has 0 bridgehead atoms. The molecule has 3 heteroatoms. The SMILES string of the molecule is CC[C@@H](Cc1ccccc1)CN(Cc1ccccc1)C(=O)OC(C)(C)C. The van der Waals surface area contributed by atoms with Crippen LogP contribution in [0, 0.1) is 5.92 Å². The van der Waals surface area contributed by atoms with Crippen LogP contribution in [0.1, 0.15) is 45.2 Å². The Balaban J connectivity index is 2.11. The first-order valence-corrected chi connectivity index (χ1v) is 9.43. The highest BCUT2D eigenvalue weighted by atomic mass is 16.6. The van der Waals surface area contributed by atoms with Gasteiger partial charge in [0, 0.05) is 13.1 Å². The molecular formula is C23H31NO2. The Morgan fingerprint density at radius 2 is 1.50 bits per heavy atom. The largest absolute Gasteiger partial charge is 0.444 e. The van der Waals surface area contributed by atoms with Crippen LogP contribution in [0.3, 0.4) is 0 Å². The van der Waals surface area contributed by atoms with Gasteiger partial charge in [-0.3, -0.25) is 0 Å². The minimum atomic E-state index is -0.493. The van der Waals surface area contributed by atoms with Crippen molar-refractivity contribution in [1.82, 2.24) is 4.90 Å². The van der Waals surface area contributed by atoms with E-state index in [0.717, 1.165) is 18.4 Å². The molecule has 0 saturated heterocycles. The van der Waals surface area contributed by atoms with Gasteiger partial charge in [-0.05, 0) is 44.2 Å². The lowest BCUT2D eigenvalue weighted by atomic mass is 9.96. The molecule has 0 aromatic heterocycles. The van der Waals surface area contributed by atoms with Gasteiger partial charge in [0.2, 0.25) is 0 Å². The number of nitrogens with zero attached hydrogens (tertiary/aromatic N) is 1. The molecule has 0 saturated carbocycles. The molecule has 2 aromatic carbocycles. The average Bonchev–Trinajstić information content (AvgIpc) is 2.60. The molecule has 2 aromatic rings. The molecule has 1 atom stereocenters. The van der Waals surface area contributed by atoms with Gasteiger partial charge in [0.1, 0.15) is 5.60 Å². The van der Waals surface area contributed by atoms with Crippen molar-refractivity contribution in [3.8, 4) is 0 Å². The summed E-state index contributed by atoms with van der Waals surface area (Å²) in [5.41, 5.74) is 1.93. The van der Waals surface area contributed by atoms with Crippen LogP contribution in [0.4, 0.5) is 4.79 Å². The third-order valence-electron chi connectivity index (χ3n) is 4.29. The highest BCUT2D eigenvalue weighted by Crippen LogP contribution is 2.18. The summed E-state index contributed by atoms with van der Waals surface area (Å²) >= 11 is 0. The number of hydrogen-bond acceptors (Lipinski definition) is 2. The highest BCUT2D eigenvalue weighted by Gasteiger charge is 2.24. The van der Waals surface area contributed by atoms with Crippen LogP contribution in [0.5, 0.6) is 0 Å². The van der Waals surface area contributed by atoms with Crippen LogP contribution < -0.4 is 0 Å². The molecule has 2 rings (SSSR count). The molecule has 0 heterocycles. The van der Waals surface area contributed by atoms with E-state index < -0.39 is 5.60 Å². The fourth-order valence-corrected chi connectivity index (χ4v) is 2.93. The summed E-state index contributed by atoms with van der Waals surface area (Å²) in [6.45, 7) is 9.17. The zero-order chi connectivity index (χ0) is 19.0. The van der Waals surface area contributed by atoms with E-state index in [4.69, 9.17) is 4.74 Å². The van der Waals surface area contributed by atoms with Gasteiger partial charge in [0.05, 0.1) is 0 Å². The summed E-state index contributed by atoms with van der Waals surface area (Å²) in [7, 11) is 0. The maximum atomic E-state index is 12.8. The van der Waals surface area contributed by atoms with Crippen molar-refractivity contribution in [3.05, 3.63) is 71.8 Å². The molecule has 0 fully saturated rings. The molecule has 0 spiro atoms. The monoisotopic (exact) mass is 353 g/mol. The molecule has 0 N–H and O–H groups in total. The second kappa shape index (κ2) is 9.42. The lowest BCUT2D eigenvalue weighted by molar-refractivity contribution is 0.0200. The van der Waals surface area contributed by atoms with Crippen molar-refractivity contribution >= 4 is 6.09 Å². The van der Waals surface area contributed by atoms with Crippen LogP contribution in [0.25, 0.3) is 0 Å². The Kier molecular flexibility index (Phi) is 7.26. The lowest BCUT2D eigenvalue weighted by Gasteiger charge is -2.30. The summed E-state index contributed by atoms with van der Waals surface area (Å²) in [5.74, 6) is 0.397. The number of amides is 1. The normalized spacial score (nSPS) is 12.5. The van der Waals surface area contributed by atoms with Gasteiger partial charge in [-0.15, -0.1) is 0 Å². The fourth-order valence-electron chi connectivity index (χ4n) is 2.93. The van der Waals surface area contributed by atoms with E-state index in [9.17, 15) is 4.79 Å². The van der Waals surface area contributed by atoms with E-state index in [2.05, 4.69) is 43.3 Å². The van der Waals surface area contributed by atoms with Gasteiger partial charge in [-0.2, -0.15) is 0 Å². The summed E-state index contributed by atoms with van der Waals surface area (Å²) < 4.78 is 5.65. The predicted octanol–water partition coefficient (Wildman–Crippen LogP) is 5.69. The summed E-state index contributed by atoms with van der Waals surface area (Å²) in [5, 5.41) is 0. The van der Waals surface area contributed by atoms with Gasteiger partial charge >= 0.3 is 6.09 Å².